The first-order valence-electron chi connectivity index (χ1n) is 6.96. The molecule has 0 aliphatic heterocycles. The van der Waals surface area contributed by atoms with Crippen molar-refractivity contribution < 1.29 is 4.74 Å². The number of ether oxygens (including phenoxy) is 1. The summed E-state index contributed by atoms with van der Waals surface area (Å²) in [6, 6.07) is 5.50. The van der Waals surface area contributed by atoms with E-state index in [1.165, 1.54) is 0 Å². The van der Waals surface area contributed by atoms with Crippen LogP contribution in [-0.4, -0.2) is 9.78 Å². The molecule has 4 nitrogen and oxygen atoms in total. The van der Waals surface area contributed by atoms with Crippen molar-refractivity contribution in [2.45, 2.75) is 40.0 Å². The monoisotopic (exact) mass is 327 g/mol. The second kappa shape index (κ2) is 7.16. The number of halogens is 2. The van der Waals surface area contributed by atoms with Crippen LogP contribution in [0, 0.1) is 0 Å². The lowest BCUT2D eigenvalue weighted by molar-refractivity contribution is 0.289. The molecule has 0 saturated carbocycles. The summed E-state index contributed by atoms with van der Waals surface area (Å²) in [7, 11) is 0. The van der Waals surface area contributed by atoms with Gasteiger partial charge in [0, 0.05) is 23.7 Å². The summed E-state index contributed by atoms with van der Waals surface area (Å²) in [6.45, 7) is 5.47. The minimum absolute atomic E-state index is 0.329. The summed E-state index contributed by atoms with van der Waals surface area (Å²) >= 11 is 12.5. The van der Waals surface area contributed by atoms with Crippen LogP contribution in [0.3, 0.4) is 0 Å². The second-order valence-electron chi connectivity index (χ2n) is 4.59. The van der Waals surface area contributed by atoms with Gasteiger partial charge in [0.2, 0.25) is 0 Å². The Labute approximate surface area is 134 Å². The van der Waals surface area contributed by atoms with Crippen molar-refractivity contribution in [3.05, 3.63) is 45.2 Å². The summed E-state index contributed by atoms with van der Waals surface area (Å²) in [5, 5.41) is 5.76. The van der Waals surface area contributed by atoms with Gasteiger partial charge in [-0.15, -0.1) is 0 Å². The van der Waals surface area contributed by atoms with Crippen LogP contribution in [0.5, 0.6) is 5.75 Å². The molecule has 0 radical (unpaired) electrons. The molecule has 0 amide bonds. The molecule has 0 saturated heterocycles. The van der Waals surface area contributed by atoms with E-state index >= 15 is 0 Å². The highest BCUT2D eigenvalue weighted by Crippen LogP contribution is 2.28. The van der Waals surface area contributed by atoms with Crippen molar-refractivity contribution in [3.63, 3.8) is 0 Å². The number of benzene rings is 1. The highest BCUT2D eigenvalue weighted by molar-refractivity contribution is 6.32. The molecule has 1 aromatic carbocycles. The quantitative estimate of drug-likeness (QED) is 0.877. The van der Waals surface area contributed by atoms with E-state index in [2.05, 4.69) is 5.10 Å². The van der Waals surface area contributed by atoms with Gasteiger partial charge in [-0.25, -0.2) is 0 Å². The molecular weight excluding hydrogens is 309 g/mol. The Morgan fingerprint density at radius 1 is 1.29 bits per heavy atom. The molecule has 0 fully saturated rings. The second-order valence-corrected chi connectivity index (χ2v) is 5.37. The molecule has 0 aliphatic carbocycles. The van der Waals surface area contributed by atoms with Crippen LogP contribution in [0.25, 0.3) is 0 Å². The van der Waals surface area contributed by atoms with Gasteiger partial charge in [-0.2, -0.15) is 5.10 Å². The molecule has 2 rings (SSSR count). The lowest BCUT2D eigenvalue weighted by atomic mass is 10.2. The predicted octanol–water partition coefficient (Wildman–Crippen LogP) is 3.81. The standard InChI is InChI=1S/C15H19Cl2N3O/c1-3-12-15(17)13(20(4-2)19-12)9-21-14-7-5-6-11(16)10(14)8-18/h5-7H,3-4,8-9,18H2,1-2H3. The van der Waals surface area contributed by atoms with Gasteiger partial charge in [0.25, 0.3) is 0 Å². The highest BCUT2D eigenvalue weighted by atomic mass is 35.5. The van der Waals surface area contributed by atoms with Crippen LogP contribution >= 0.6 is 23.2 Å². The zero-order valence-electron chi connectivity index (χ0n) is 12.2. The smallest absolute Gasteiger partial charge is 0.131 e. The predicted molar refractivity (Wildman–Crippen MR) is 86.0 cm³/mol. The lowest BCUT2D eigenvalue weighted by Gasteiger charge is -2.12. The zero-order chi connectivity index (χ0) is 15.4. The summed E-state index contributed by atoms with van der Waals surface area (Å²) < 4.78 is 7.74. The average Bonchev–Trinajstić information content (AvgIpc) is 2.80. The van der Waals surface area contributed by atoms with E-state index in [1.54, 1.807) is 6.07 Å². The Bertz CT molecular complexity index is 626. The van der Waals surface area contributed by atoms with Crippen molar-refractivity contribution >= 4 is 23.2 Å². The number of rotatable bonds is 6. The average molecular weight is 328 g/mol. The molecule has 1 aromatic heterocycles. The molecule has 0 bridgehead atoms. The third-order valence-corrected chi connectivity index (χ3v) is 4.13. The fourth-order valence-electron chi connectivity index (χ4n) is 2.17. The number of hydrogen-bond acceptors (Lipinski definition) is 3. The number of aryl methyl sites for hydroxylation is 2. The number of nitrogens with zero attached hydrogens (tertiary/aromatic N) is 2. The van der Waals surface area contributed by atoms with E-state index in [9.17, 15) is 0 Å². The van der Waals surface area contributed by atoms with Gasteiger partial charge in [-0.1, -0.05) is 36.2 Å². The zero-order valence-corrected chi connectivity index (χ0v) is 13.7. The first-order valence-corrected chi connectivity index (χ1v) is 7.72. The molecule has 2 N–H and O–H groups in total. The van der Waals surface area contributed by atoms with Crippen molar-refractivity contribution in [1.82, 2.24) is 9.78 Å². The van der Waals surface area contributed by atoms with Crippen molar-refractivity contribution in [1.29, 1.82) is 0 Å². The van der Waals surface area contributed by atoms with E-state index in [-0.39, 0.29) is 0 Å². The normalized spacial score (nSPS) is 10.9. The van der Waals surface area contributed by atoms with Crippen LogP contribution in [0.15, 0.2) is 18.2 Å². The van der Waals surface area contributed by atoms with Crippen LogP contribution in [-0.2, 0) is 26.1 Å². The fourth-order valence-corrected chi connectivity index (χ4v) is 2.74. The Kier molecular flexibility index (Phi) is 5.51. The highest BCUT2D eigenvalue weighted by Gasteiger charge is 2.15. The number of hydrogen-bond donors (Lipinski definition) is 1. The topological polar surface area (TPSA) is 53.1 Å². The molecule has 0 aliphatic rings. The van der Waals surface area contributed by atoms with Gasteiger partial charge in [-0.3, -0.25) is 4.68 Å². The SMILES string of the molecule is CCc1nn(CC)c(COc2cccc(Cl)c2CN)c1Cl. The van der Waals surface area contributed by atoms with Crippen LogP contribution < -0.4 is 10.5 Å². The Morgan fingerprint density at radius 2 is 2.05 bits per heavy atom. The molecule has 21 heavy (non-hydrogen) atoms. The molecule has 0 spiro atoms. The summed E-state index contributed by atoms with van der Waals surface area (Å²) in [4.78, 5) is 0. The third kappa shape index (κ3) is 3.34. The fraction of sp³-hybridized carbons (Fsp3) is 0.400. The van der Waals surface area contributed by atoms with E-state index < -0.39 is 0 Å². The molecule has 6 heteroatoms. The van der Waals surface area contributed by atoms with Crippen molar-refractivity contribution in [3.8, 4) is 5.75 Å². The first-order chi connectivity index (χ1) is 10.1. The maximum Gasteiger partial charge on any atom is 0.131 e. The van der Waals surface area contributed by atoms with E-state index in [0.717, 1.165) is 29.9 Å². The first kappa shape index (κ1) is 16.1. The van der Waals surface area contributed by atoms with Crippen LogP contribution in [0.4, 0.5) is 0 Å². The summed E-state index contributed by atoms with van der Waals surface area (Å²) in [5.41, 5.74) is 8.29. The minimum Gasteiger partial charge on any atom is -0.487 e. The van der Waals surface area contributed by atoms with Gasteiger partial charge in [0.15, 0.2) is 0 Å². The Balaban J connectivity index is 2.24. The summed E-state index contributed by atoms with van der Waals surface area (Å²) in [5.74, 6) is 0.683. The Morgan fingerprint density at radius 3 is 2.67 bits per heavy atom. The molecular formula is C15H19Cl2N3O. The van der Waals surface area contributed by atoms with E-state index in [4.69, 9.17) is 33.7 Å². The minimum atomic E-state index is 0.329. The van der Waals surface area contributed by atoms with Gasteiger partial charge >= 0.3 is 0 Å². The Hall–Kier alpha value is -1.23. The number of nitrogens with two attached hydrogens (primary N) is 1. The van der Waals surface area contributed by atoms with Crippen molar-refractivity contribution in [2.75, 3.05) is 0 Å². The van der Waals surface area contributed by atoms with E-state index in [1.807, 2.05) is 30.7 Å². The van der Waals surface area contributed by atoms with E-state index in [0.29, 0.717) is 28.9 Å². The molecule has 0 atom stereocenters. The van der Waals surface area contributed by atoms with Gasteiger partial charge in [0.1, 0.15) is 12.4 Å². The molecule has 2 aromatic rings. The maximum atomic E-state index is 6.37. The van der Waals surface area contributed by atoms with Gasteiger partial charge in [-0.05, 0) is 25.5 Å². The van der Waals surface area contributed by atoms with Crippen LogP contribution in [0.2, 0.25) is 10.0 Å². The van der Waals surface area contributed by atoms with Gasteiger partial charge in [0.05, 0.1) is 16.4 Å². The summed E-state index contributed by atoms with van der Waals surface area (Å²) in [6.07, 6.45) is 0.796. The third-order valence-electron chi connectivity index (χ3n) is 3.34. The van der Waals surface area contributed by atoms with Gasteiger partial charge < -0.3 is 10.5 Å². The van der Waals surface area contributed by atoms with Crippen molar-refractivity contribution in [2.24, 2.45) is 5.73 Å². The lowest BCUT2D eigenvalue weighted by Crippen LogP contribution is -2.08. The van der Waals surface area contributed by atoms with Crippen LogP contribution in [0.1, 0.15) is 30.8 Å². The largest absolute Gasteiger partial charge is 0.487 e. The number of aromatic nitrogens is 2. The molecule has 0 unspecified atom stereocenters. The molecule has 1 heterocycles. The molecule has 114 valence electrons. The maximum absolute atomic E-state index is 6.37.